The molecule has 0 unspecified atom stereocenters. The Balaban J connectivity index is 1.59. The molecule has 3 nitrogen and oxygen atoms in total. The predicted octanol–water partition coefficient (Wildman–Crippen LogP) is 2.14. The number of quaternary nitrogens is 1. The average molecular weight is 323 g/mol. The van der Waals surface area contributed by atoms with Crippen LogP contribution in [0, 0.1) is 0 Å². The van der Waals surface area contributed by atoms with Gasteiger partial charge in [-0.15, -0.1) is 0 Å². The molecule has 0 radical (unpaired) electrons. The van der Waals surface area contributed by atoms with E-state index in [9.17, 15) is 4.79 Å². The van der Waals surface area contributed by atoms with Crippen LogP contribution in [0.4, 0.5) is 0 Å². The minimum Gasteiger partial charge on any atom is -0.348 e. The molecular weight excluding hydrogens is 296 g/mol. The molecule has 1 amide bonds. The Hall–Kier alpha value is -2.13. The molecule has 0 fully saturated rings. The van der Waals surface area contributed by atoms with E-state index in [0.29, 0.717) is 6.54 Å². The third kappa shape index (κ3) is 4.24. The Bertz CT molecular complexity index is 704. The van der Waals surface area contributed by atoms with Gasteiger partial charge in [0.1, 0.15) is 6.54 Å². The van der Waals surface area contributed by atoms with E-state index in [-0.39, 0.29) is 5.91 Å². The highest BCUT2D eigenvalue weighted by Crippen LogP contribution is 2.22. The van der Waals surface area contributed by atoms with Gasteiger partial charge in [-0.05, 0) is 54.5 Å². The number of aryl methyl sites for hydroxylation is 2. The third-order valence-corrected chi connectivity index (χ3v) is 4.64. The summed E-state index contributed by atoms with van der Waals surface area (Å²) in [6.07, 6.45) is 4.76. The van der Waals surface area contributed by atoms with Gasteiger partial charge in [-0.2, -0.15) is 0 Å². The number of carbonyl (C=O) groups excluding carboxylic acids is 1. The molecule has 1 aliphatic carbocycles. The number of amides is 1. The van der Waals surface area contributed by atoms with Gasteiger partial charge in [-0.25, -0.2) is 0 Å². The number of hydrogen-bond donors (Lipinski definition) is 2. The van der Waals surface area contributed by atoms with Gasteiger partial charge in [0.25, 0.3) is 5.91 Å². The zero-order chi connectivity index (χ0) is 16.9. The topological polar surface area (TPSA) is 33.5 Å². The fourth-order valence-corrected chi connectivity index (χ4v) is 3.34. The van der Waals surface area contributed by atoms with Crippen molar-refractivity contribution in [2.45, 2.75) is 38.8 Å². The summed E-state index contributed by atoms with van der Waals surface area (Å²) in [7, 11) is 4.29. The van der Waals surface area contributed by atoms with Gasteiger partial charge in [0.05, 0.1) is 14.1 Å². The fraction of sp³-hybridized carbons (Fsp3) is 0.381. The lowest BCUT2D eigenvalue weighted by atomic mass is 9.90. The van der Waals surface area contributed by atoms with Crippen molar-refractivity contribution in [1.29, 1.82) is 0 Å². The first-order valence-electron chi connectivity index (χ1n) is 8.88. The number of carbonyl (C=O) groups is 1. The molecule has 2 N–H and O–H groups in total. The SMILES string of the molecule is C[NH+](C)Cc1ccc(CNC(=O)c2ccc3c(c2)CCCC3)cc1. The third-order valence-electron chi connectivity index (χ3n) is 4.64. The second-order valence-electron chi connectivity index (χ2n) is 7.07. The van der Waals surface area contributed by atoms with E-state index in [2.05, 4.69) is 55.8 Å². The summed E-state index contributed by atoms with van der Waals surface area (Å²) in [5.74, 6) is 0.0187. The maximum Gasteiger partial charge on any atom is 0.251 e. The average Bonchev–Trinajstić information content (AvgIpc) is 2.60. The maximum absolute atomic E-state index is 12.4. The standard InChI is InChI=1S/C21H26N2O/c1-23(2)15-17-9-7-16(8-10-17)14-22-21(24)20-12-11-18-5-3-4-6-19(18)13-20/h7-13H,3-6,14-15H2,1-2H3,(H,22,24)/p+1. The van der Waals surface area contributed by atoms with Gasteiger partial charge in [0, 0.05) is 17.7 Å². The molecule has 126 valence electrons. The van der Waals surface area contributed by atoms with Crippen LogP contribution in [0.5, 0.6) is 0 Å². The molecule has 0 aliphatic heterocycles. The van der Waals surface area contributed by atoms with Crippen molar-refractivity contribution in [1.82, 2.24) is 5.32 Å². The van der Waals surface area contributed by atoms with Gasteiger partial charge in [-0.3, -0.25) is 4.79 Å². The number of benzene rings is 2. The van der Waals surface area contributed by atoms with Gasteiger partial charge < -0.3 is 10.2 Å². The molecule has 0 saturated heterocycles. The fourth-order valence-electron chi connectivity index (χ4n) is 3.34. The zero-order valence-corrected chi connectivity index (χ0v) is 14.7. The first kappa shape index (κ1) is 16.7. The van der Waals surface area contributed by atoms with Crippen molar-refractivity contribution in [2.24, 2.45) is 0 Å². The summed E-state index contributed by atoms with van der Waals surface area (Å²) in [5, 5.41) is 3.04. The number of nitrogens with one attached hydrogen (secondary N) is 2. The number of rotatable bonds is 5. The highest BCUT2D eigenvalue weighted by Gasteiger charge is 2.12. The monoisotopic (exact) mass is 323 g/mol. The minimum absolute atomic E-state index is 0.0187. The lowest BCUT2D eigenvalue weighted by Crippen LogP contribution is -3.04. The molecule has 2 aromatic rings. The highest BCUT2D eigenvalue weighted by molar-refractivity contribution is 5.94. The van der Waals surface area contributed by atoms with Crippen LogP contribution < -0.4 is 10.2 Å². The highest BCUT2D eigenvalue weighted by atomic mass is 16.1. The maximum atomic E-state index is 12.4. The van der Waals surface area contributed by atoms with E-state index >= 15 is 0 Å². The molecule has 2 aromatic carbocycles. The first-order valence-corrected chi connectivity index (χ1v) is 8.88. The van der Waals surface area contributed by atoms with E-state index in [1.807, 2.05) is 6.07 Å². The Morgan fingerprint density at radius 3 is 2.33 bits per heavy atom. The molecular formula is C21H27N2O+. The van der Waals surface area contributed by atoms with Crippen LogP contribution in [0.1, 0.15) is 45.5 Å². The summed E-state index contributed by atoms with van der Waals surface area (Å²) in [5.41, 5.74) is 6.00. The molecule has 0 heterocycles. The second-order valence-corrected chi connectivity index (χ2v) is 7.07. The summed E-state index contributed by atoms with van der Waals surface area (Å²) in [4.78, 5) is 13.8. The van der Waals surface area contributed by atoms with Gasteiger partial charge in [0.15, 0.2) is 0 Å². The van der Waals surface area contributed by atoms with Gasteiger partial charge in [-0.1, -0.05) is 30.3 Å². The van der Waals surface area contributed by atoms with Gasteiger partial charge in [0.2, 0.25) is 0 Å². The Morgan fingerprint density at radius 1 is 0.958 bits per heavy atom. The van der Waals surface area contributed by atoms with E-state index < -0.39 is 0 Å². The second kappa shape index (κ2) is 7.63. The molecule has 0 saturated carbocycles. The van der Waals surface area contributed by atoms with Crippen LogP contribution in [0.3, 0.4) is 0 Å². The normalized spacial score (nSPS) is 13.6. The zero-order valence-electron chi connectivity index (χ0n) is 14.7. The van der Waals surface area contributed by atoms with Crippen LogP contribution in [0.2, 0.25) is 0 Å². The number of hydrogen-bond acceptors (Lipinski definition) is 1. The smallest absolute Gasteiger partial charge is 0.251 e. The lowest BCUT2D eigenvalue weighted by Gasteiger charge is -2.16. The van der Waals surface area contributed by atoms with Gasteiger partial charge >= 0.3 is 0 Å². The van der Waals surface area contributed by atoms with E-state index in [1.54, 1.807) is 0 Å². The molecule has 0 aromatic heterocycles. The minimum atomic E-state index is 0.0187. The predicted molar refractivity (Wildman–Crippen MR) is 97.2 cm³/mol. The van der Waals surface area contributed by atoms with Crippen molar-refractivity contribution in [3.05, 3.63) is 70.3 Å². The number of fused-ring (bicyclic) bond motifs is 1. The molecule has 3 heteroatoms. The Labute approximate surface area is 144 Å². The van der Waals surface area contributed by atoms with Crippen molar-refractivity contribution in [3.8, 4) is 0 Å². The van der Waals surface area contributed by atoms with E-state index in [0.717, 1.165) is 30.5 Å². The molecule has 1 aliphatic rings. The Morgan fingerprint density at radius 2 is 1.62 bits per heavy atom. The van der Waals surface area contributed by atoms with Crippen LogP contribution >= 0.6 is 0 Å². The quantitative estimate of drug-likeness (QED) is 0.868. The van der Waals surface area contributed by atoms with Crippen molar-refractivity contribution in [3.63, 3.8) is 0 Å². The molecule has 24 heavy (non-hydrogen) atoms. The first-order chi connectivity index (χ1) is 11.6. The molecule has 0 spiro atoms. The largest absolute Gasteiger partial charge is 0.348 e. The van der Waals surface area contributed by atoms with Crippen LogP contribution in [0.15, 0.2) is 42.5 Å². The Kier molecular flexibility index (Phi) is 5.31. The summed E-state index contributed by atoms with van der Waals surface area (Å²) >= 11 is 0. The summed E-state index contributed by atoms with van der Waals surface area (Å²) < 4.78 is 0. The van der Waals surface area contributed by atoms with E-state index in [1.165, 1.54) is 34.4 Å². The van der Waals surface area contributed by atoms with Crippen molar-refractivity contribution in [2.75, 3.05) is 14.1 Å². The molecule has 0 atom stereocenters. The lowest BCUT2D eigenvalue weighted by molar-refractivity contribution is -0.872. The summed E-state index contributed by atoms with van der Waals surface area (Å²) in [6.45, 7) is 1.59. The van der Waals surface area contributed by atoms with E-state index in [4.69, 9.17) is 0 Å². The van der Waals surface area contributed by atoms with Crippen LogP contribution in [-0.4, -0.2) is 20.0 Å². The van der Waals surface area contributed by atoms with Crippen molar-refractivity contribution >= 4 is 5.91 Å². The molecule has 3 rings (SSSR count). The summed E-state index contributed by atoms with van der Waals surface area (Å²) in [6, 6.07) is 14.7. The molecule has 0 bridgehead atoms. The van der Waals surface area contributed by atoms with Crippen LogP contribution in [-0.2, 0) is 25.9 Å². The van der Waals surface area contributed by atoms with Crippen LogP contribution in [0.25, 0.3) is 0 Å². The van der Waals surface area contributed by atoms with Crippen molar-refractivity contribution < 1.29 is 9.69 Å².